The van der Waals surface area contributed by atoms with Gasteiger partial charge in [-0.1, -0.05) is 30.3 Å². The average Bonchev–Trinajstić information content (AvgIpc) is 2.70. The van der Waals surface area contributed by atoms with E-state index in [2.05, 4.69) is 5.16 Å². The first-order chi connectivity index (χ1) is 10.3. The quantitative estimate of drug-likeness (QED) is 0.515. The number of nitrogens with zero attached hydrogens (tertiary/aromatic N) is 2. The number of carbonyl (C=O) groups excluding carboxylic acids is 1. The van der Waals surface area contributed by atoms with Crippen LogP contribution in [0, 0.1) is 0 Å². The lowest BCUT2D eigenvalue weighted by molar-refractivity contribution is -0.119. The van der Waals surface area contributed by atoms with E-state index in [1.165, 1.54) is 0 Å². The van der Waals surface area contributed by atoms with Gasteiger partial charge in [0.25, 0.3) is 0 Å². The number of para-hydroxylation sites is 1. The number of fused-ring (bicyclic) bond motifs is 1. The number of hydrogen-bond donors (Lipinski definition) is 1. The van der Waals surface area contributed by atoms with Crippen LogP contribution in [0.25, 0.3) is 0 Å². The molecule has 0 fully saturated rings. The normalized spacial score (nSPS) is 16.6. The largest absolute Gasteiger partial charge is 0.411 e. The van der Waals surface area contributed by atoms with Crippen molar-refractivity contribution in [3.8, 4) is 0 Å². The van der Waals surface area contributed by atoms with E-state index in [4.69, 9.17) is 9.94 Å². The predicted molar refractivity (Wildman–Crippen MR) is 82.1 cm³/mol. The number of rotatable bonds is 5. The van der Waals surface area contributed by atoms with Gasteiger partial charge in [0, 0.05) is 18.7 Å². The highest BCUT2D eigenvalue weighted by Gasteiger charge is 2.23. The highest BCUT2D eigenvalue weighted by atomic mass is 16.5. The molecule has 0 bridgehead atoms. The lowest BCUT2D eigenvalue weighted by Crippen LogP contribution is -2.32. The smallest absolute Gasteiger partial charge is 0.229 e. The van der Waals surface area contributed by atoms with Crippen LogP contribution >= 0.6 is 0 Å². The number of amides is 1. The van der Waals surface area contributed by atoms with Gasteiger partial charge in [0.15, 0.2) is 0 Å². The summed E-state index contributed by atoms with van der Waals surface area (Å²) in [5, 5.41) is 12.5. The Morgan fingerprint density at radius 3 is 2.95 bits per heavy atom. The fraction of sp³-hybridized carbons (Fsp3) is 0.500. The van der Waals surface area contributed by atoms with Gasteiger partial charge in [0.05, 0.1) is 24.4 Å². The van der Waals surface area contributed by atoms with E-state index in [1.807, 2.05) is 31.2 Å². The van der Waals surface area contributed by atoms with E-state index in [1.54, 1.807) is 4.90 Å². The number of carbonyl (C=O) groups is 1. The standard InChI is InChI=1S/C16H22N2O3/c1-2-11-21-12-9-16(19)18-10-5-7-14(17-20)13-6-3-4-8-15(13)18/h3-4,6,8,20H,2,5,7,9-12H2,1H3/b17-14-. The molecule has 0 saturated carbocycles. The van der Waals surface area contributed by atoms with Crippen molar-refractivity contribution in [2.75, 3.05) is 24.7 Å². The van der Waals surface area contributed by atoms with Gasteiger partial charge in [-0.3, -0.25) is 4.79 Å². The molecule has 1 aliphatic rings. The third-order valence-electron chi connectivity index (χ3n) is 3.53. The summed E-state index contributed by atoms with van der Waals surface area (Å²) >= 11 is 0. The monoisotopic (exact) mass is 290 g/mol. The molecule has 1 aliphatic heterocycles. The van der Waals surface area contributed by atoms with Crippen molar-refractivity contribution in [2.45, 2.75) is 32.6 Å². The van der Waals surface area contributed by atoms with E-state index in [9.17, 15) is 4.79 Å². The van der Waals surface area contributed by atoms with Crippen LogP contribution in [-0.4, -0.2) is 36.6 Å². The molecule has 1 aromatic rings. The number of benzene rings is 1. The summed E-state index contributed by atoms with van der Waals surface area (Å²) in [5.41, 5.74) is 2.30. The van der Waals surface area contributed by atoms with Crippen LogP contribution in [0.4, 0.5) is 5.69 Å². The van der Waals surface area contributed by atoms with Gasteiger partial charge < -0.3 is 14.8 Å². The first-order valence-corrected chi connectivity index (χ1v) is 7.46. The summed E-state index contributed by atoms with van der Waals surface area (Å²) in [6, 6.07) is 7.58. The molecular weight excluding hydrogens is 268 g/mol. The van der Waals surface area contributed by atoms with Gasteiger partial charge in [0.1, 0.15) is 0 Å². The number of hydrogen-bond acceptors (Lipinski definition) is 4. The molecule has 0 radical (unpaired) electrons. The Balaban J connectivity index is 2.14. The molecule has 1 N–H and O–H groups in total. The highest BCUT2D eigenvalue weighted by molar-refractivity contribution is 6.09. The molecule has 1 amide bonds. The van der Waals surface area contributed by atoms with E-state index in [0.717, 1.165) is 24.1 Å². The first kappa shape index (κ1) is 15.5. The molecule has 21 heavy (non-hydrogen) atoms. The molecule has 0 saturated heterocycles. The first-order valence-electron chi connectivity index (χ1n) is 7.46. The van der Waals surface area contributed by atoms with Crippen LogP contribution in [0.2, 0.25) is 0 Å². The molecule has 0 spiro atoms. The Bertz CT molecular complexity index is 514. The summed E-state index contributed by atoms with van der Waals surface area (Å²) in [6.07, 6.45) is 2.79. The number of oxime groups is 1. The molecular formula is C16H22N2O3. The molecule has 0 atom stereocenters. The molecule has 0 unspecified atom stereocenters. The Morgan fingerprint density at radius 2 is 2.19 bits per heavy atom. The fourth-order valence-electron chi connectivity index (χ4n) is 2.52. The third kappa shape index (κ3) is 3.82. The van der Waals surface area contributed by atoms with Crippen LogP contribution in [0.5, 0.6) is 0 Å². The maximum absolute atomic E-state index is 12.4. The SMILES string of the molecule is CCCOCCC(=O)N1CCC/C(=N/O)c2ccccc21. The summed E-state index contributed by atoms with van der Waals surface area (Å²) in [5.74, 6) is 0.0535. The fourth-order valence-corrected chi connectivity index (χ4v) is 2.52. The van der Waals surface area contributed by atoms with Crippen molar-refractivity contribution in [3.05, 3.63) is 29.8 Å². The number of ether oxygens (including phenoxy) is 1. The second-order valence-corrected chi connectivity index (χ2v) is 5.08. The lowest BCUT2D eigenvalue weighted by Gasteiger charge is -2.22. The van der Waals surface area contributed by atoms with Crippen molar-refractivity contribution >= 4 is 17.3 Å². The van der Waals surface area contributed by atoms with Crippen molar-refractivity contribution in [1.29, 1.82) is 0 Å². The zero-order valence-corrected chi connectivity index (χ0v) is 12.4. The van der Waals surface area contributed by atoms with Crippen LogP contribution < -0.4 is 4.90 Å². The van der Waals surface area contributed by atoms with Crippen molar-refractivity contribution in [3.63, 3.8) is 0 Å². The maximum atomic E-state index is 12.4. The van der Waals surface area contributed by atoms with Gasteiger partial charge in [-0.05, 0) is 25.3 Å². The van der Waals surface area contributed by atoms with E-state index < -0.39 is 0 Å². The van der Waals surface area contributed by atoms with Crippen molar-refractivity contribution < 1.29 is 14.7 Å². The topological polar surface area (TPSA) is 62.1 Å². The van der Waals surface area contributed by atoms with E-state index >= 15 is 0 Å². The second-order valence-electron chi connectivity index (χ2n) is 5.08. The Hall–Kier alpha value is -1.88. The summed E-state index contributed by atoms with van der Waals surface area (Å²) in [6.45, 7) is 3.82. The zero-order valence-electron chi connectivity index (χ0n) is 12.4. The van der Waals surface area contributed by atoms with Gasteiger partial charge in [-0.2, -0.15) is 0 Å². The molecule has 1 heterocycles. The van der Waals surface area contributed by atoms with Crippen LogP contribution in [0.15, 0.2) is 29.4 Å². The van der Waals surface area contributed by atoms with E-state index in [0.29, 0.717) is 38.3 Å². The van der Waals surface area contributed by atoms with Gasteiger partial charge >= 0.3 is 0 Å². The Kier molecular flexibility index (Phi) is 5.75. The Labute approximate surface area is 125 Å². The number of anilines is 1. The van der Waals surface area contributed by atoms with Gasteiger partial charge in [0.2, 0.25) is 5.91 Å². The van der Waals surface area contributed by atoms with Crippen molar-refractivity contribution in [2.24, 2.45) is 5.16 Å². The molecule has 0 aliphatic carbocycles. The minimum absolute atomic E-state index is 0.0535. The molecule has 2 rings (SSSR count). The third-order valence-corrected chi connectivity index (χ3v) is 3.53. The zero-order chi connectivity index (χ0) is 15.1. The molecule has 114 valence electrons. The lowest BCUT2D eigenvalue weighted by atomic mass is 10.1. The molecule has 1 aromatic carbocycles. The van der Waals surface area contributed by atoms with Crippen LogP contribution in [0.1, 0.15) is 38.2 Å². The molecule has 0 aromatic heterocycles. The second kappa shape index (κ2) is 7.78. The summed E-state index contributed by atoms with van der Waals surface area (Å²) in [4.78, 5) is 14.2. The molecule has 5 nitrogen and oxygen atoms in total. The average molecular weight is 290 g/mol. The minimum Gasteiger partial charge on any atom is -0.411 e. The van der Waals surface area contributed by atoms with Gasteiger partial charge in [-0.25, -0.2) is 0 Å². The molecule has 5 heteroatoms. The van der Waals surface area contributed by atoms with Gasteiger partial charge in [-0.15, -0.1) is 0 Å². The van der Waals surface area contributed by atoms with Crippen LogP contribution in [0.3, 0.4) is 0 Å². The summed E-state index contributed by atoms with van der Waals surface area (Å²) < 4.78 is 5.39. The maximum Gasteiger partial charge on any atom is 0.229 e. The van der Waals surface area contributed by atoms with E-state index in [-0.39, 0.29) is 5.91 Å². The Morgan fingerprint density at radius 1 is 1.38 bits per heavy atom. The highest BCUT2D eigenvalue weighted by Crippen LogP contribution is 2.27. The van der Waals surface area contributed by atoms with Crippen molar-refractivity contribution in [1.82, 2.24) is 0 Å². The predicted octanol–water partition coefficient (Wildman–Crippen LogP) is 2.81. The summed E-state index contributed by atoms with van der Waals surface area (Å²) in [7, 11) is 0. The minimum atomic E-state index is 0.0535. The van der Waals surface area contributed by atoms with Crippen LogP contribution in [-0.2, 0) is 9.53 Å².